The number of ether oxygens (including phenoxy) is 1. The summed E-state index contributed by atoms with van der Waals surface area (Å²) in [5, 5.41) is 8.68. The number of carbonyl (C=O) groups is 2. The van der Waals surface area contributed by atoms with Gasteiger partial charge in [0.2, 0.25) is 0 Å². The largest absolute Gasteiger partial charge is 0.491 e. The van der Waals surface area contributed by atoms with Gasteiger partial charge in [-0.2, -0.15) is 0 Å². The summed E-state index contributed by atoms with van der Waals surface area (Å²) < 4.78 is 6.06. The molecular weight excluding hydrogens is 346 g/mol. The zero-order valence-corrected chi connectivity index (χ0v) is 15.2. The number of carbonyl (C=O) groups excluding carboxylic acids is 1. The zero-order valence-electron chi connectivity index (χ0n) is 13.5. The Labute approximate surface area is 150 Å². The first kappa shape index (κ1) is 18.5. The molecule has 0 bridgehead atoms. The summed E-state index contributed by atoms with van der Waals surface area (Å²) in [6, 6.07) is 7.49. The Hall–Kier alpha value is -1.86. The number of hydrogen-bond donors (Lipinski definition) is 1. The van der Waals surface area contributed by atoms with Gasteiger partial charge in [-0.15, -0.1) is 0 Å². The molecule has 1 amide bonds. The van der Waals surface area contributed by atoms with Gasteiger partial charge in [0, 0.05) is 13.0 Å². The topological polar surface area (TPSA) is 66.8 Å². The number of benzene rings is 1. The highest BCUT2D eigenvalue weighted by Gasteiger charge is 2.31. The Bertz CT molecular complexity index is 668. The minimum atomic E-state index is -0.875. The van der Waals surface area contributed by atoms with E-state index in [1.807, 2.05) is 38.1 Å². The summed E-state index contributed by atoms with van der Waals surface area (Å²) in [7, 11) is 0. The third kappa shape index (κ3) is 5.07. The molecule has 1 saturated heterocycles. The van der Waals surface area contributed by atoms with E-state index in [4.69, 9.17) is 22.1 Å². The number of rotatable bonds is 7. The summed E-state index contributed by atoms with van der Waals surface area (Å²) in [6.07, 6.45) is 2.30. The van der Waals surface area contributed by atoms with Gasteiger partial charge in [-0.1, -0.05) is 36.1 Å². The van der Waals surface area contributed by atoms with Gasteiger partial charge < -0.3 is 9.84 Å². The average molecular weight is 365 g/mol. The third-order valence-corrected chi connectivity index (χ3v) is 4.57. The fourth-order valence-corrected chi connectivity index (χ4v) is 3.46. The van der Waals surface area contributed by atoms with E-state index in [0.29, 0.717) is 22.2 Å². The van der Waals surface area contributed by atoms with E-state index in [1.165, 1.54) is 16.7 Å². The lowest BCUT2D eigenvalue weighted by atomic mass is 10.2. The molecule has 0 radical (unpaired) electrons. The van der Waals surface area contributed by atoms with Crippen LogP contribution in [0.15, 0.2) is 29.2 Å². The van der Waals surface area contributed by atoms with E-state index < -0.39 is 5.97 Å². The minimum absolute atomic E-state index is 0.0213. The Morgan fingerprint density at radius 2 is 2.04 bits per heavy atom. The molecule has 0 aliphatic carbocycles. The van der Waals surface area contributed by atoms with E-state index in [-0.39, 0.29) is 18.4 Å². The number of aliphatic carboxylic acids is 1. The number of nitrogens with zero attached hydrogens (tertiary/aromatic N) is 1. The molecule has 1 N–H and O–H groups in total. The fraction of sp³-hybridized carbons (Fsp3) is 0.353. The second-order valence-corrected chi connectivity index (χ2v) is 7.24. The molecule has 0 atom stereocenters. The maximum atomic E-state index is 12.4. The summed E-state index contributed by atoms with van der Waals surface area (Å²) in [5.41, 5.74) is 0.886. The molecule has 0 spiro atoms. The minimum Gasteiger partial charge on any atom is -0.491 e. The van der Waals surface area contributed by atoms with Crippen LogP contribution in [-0.4, -0.2) is 38.9 Å². The Morgan fingerprint density at radius 1 is 1.38 bits per heavy atom. The van der Waals surface area contributed by atoms with E-state index in [0.717, 1.165) is 11.3 Å². The molecule has 128 valence electrons. The van der Waals surface area contributed by atoms with Crippen molar-refractivity contribution in [2.45, 2.75) is 32.8 Å². The Balaban J connectivity index is 2.03. The smallest absolute Gasteiger partial charge is 0.303 e. The van der Waals surface area contributed by atoms with E-state index in [1.54, 1.807) is 6.08 Å². The molecule has 1 heterocycles. The number of carboxylic acids is 1. The van der Waals surface area contributed by atoms with Gasteiger partial charge in [-0.25, -0.2) is 0 Å². The van der Waals surface area contributed by atoms with Crippen LogP contribution in [0.2, 0.25) is 0 Å². The van der Waals surface area contributed by atoms with Crippen LogP contribution in [0.3, 0.4) is 0 Å². The molecule has 0 aromatic heterocycles. The first-order valence-corrected chi connectivity index (χ1v) is 8.83. The molecular formula is C17H19NO4S2. The zero-order chi connectivity index (χ0) is 17.7. The SMILES string of the molecule is CC(C)Oc1ccc(C=C2SC(=S)N(CCCC(=O)O)C2=O)cc1. The molecule has 5 nitrogen and oxygen atoms in total. The van der Waals surface area contributed by atoms with Crippen molar-refractivity contribution < 1.29 is 19.4 Å². The molecule has 7 heteroatoms. The quantitative estimate of drug-likeness (QED) is 0.589. The molecule has 24 heavy (non-hydrogen) atoms. The van der Waals surface area contributed by atoms with E-state index in [2.05, 4.69) is 0 Å². The highest BCUT2D eigenvalue weighted by Crippen LogP contribution is 2.33. The van der Waals surface area contributed by atoms with Crippen LogP contribution in [0.4, 0.5) is 0 Å². The van der Waals surface area contributed by atoms with Gasteiger partial charge in [0.1, 0.15) is 10.1 Å². The van der Waals surface area contributed by atoms with Crippen molar-refractivity contribution in [3.63, 3.8) is 0 Å². The van der Waals surface area contributed by atoms with Crippen LogP contribution in [0, 0.1) is 0 Å². The predicted octanol–water partition coefficient (Wildman–Crippen LogP) is 3.54. The predicted molar refractivity (Wildman–Crippen MR) is 99.0 cm³/mol. The molecule has 1 fully saturated rings. The molecule has 1 aliphatic rings. The number of hydrogen-bond acceptors (Lipinski definition) is 5. The maximum absolute atomic E-state index is 12.4. The van der Waals surface area contributed by atoms with Crippen molar-refractivity contribution >= 4 is 46.3 Å². The van der Waals surface area contributed by atoms with Crippen molar-refractivity contribution in [1.29, 1.82) is 0 Å². The molecule has 1 aromatic carbocycles. The standard InChI is InChI=1S/C17H19NO4S2/c1-11(2)22-13-7-5-12(6-8-13)10-14-16(21)18(17(23)24-14)9-3-4-15(19)20/h5-8,10-11H,3-4,9H2,1-2H3,(H,19,20). The van der Waals surface area contributed by atoms with Gasteiger partial charge in [0.05, 0.1) is 11.0 Å². The van der Waals surface area contributed by atoms with Gasteiger partial charge in [0.25, 0.3) is 5.91 Å². The first-order valence-electron chi connectivity index (χ1n) is 7.60. The lowest BCUT2D eigenvalue weighted by molar-refractivity contribution is -0.137. The summed E-state index contributed by atoms with van der Waals surface area (Å²) in [4.78, 5) is 25.0. The van der Waals surface area contributed by atoms with Crippen molar-refractivity contribution in [2.24, 2.45) is 0 Å². The van der Waals surface area contributed by atoms with Crippen LogP contribution in [0.5, 0.6) is 5.75 Å². The lowest BCUT2D eigenvalue weighted by Crippen LogP contribution is -2.29. The van der Waals surface area contributed by atoms with E-state index in [9.17, 15) is 9.59 Å². The van der Waals surface area contributed by atoms with Gasteiger partial charge in [-0.3, -0.25) is 14.5 Å². The fourth-order valence-electron chi connectivity index (χ4n) is 2.15. The molecule has 1 aliphatic heterocycles. The number of thioether (sulfide) groups is 1. The van der Waals surface area contributed by atoms with Crippen molar-refractivity contribution in [3.8, 4) is 5.75 Å². The van der Waals surface area contributed by atoms with Crippen LogP contribution < -0.4 is 4.74 Å². The highest BCUT2D eigenvalue weighted by atomic mass is 32.2. The van der Waals surface area contributed by atoms with Crippen molar-refractivity contribution in [3.05, 3.63) is 34.7 Å². The normalized spacial score (nSPS) is 16.3. The summed E-state index contributed by atoms with van der Waals surface area (Å²) in [5.74, 6) is -0.263. The van der Waals surface area contributed by atoms with E-state index >= 15 is 0 Å². The highest BCUT2D eigenvalue weighted by molar-refractivity contribution is 8.26. The average Bonchev–Trinajstić information content (AvgIpc) is 2.76. The van der Waals surface area contributed by atoms with Crippen LogP contribution in [-0.2, 0) is 9.59 Å². The van der Waals surface area contributed by atoms with Crippen LogP contribution in [0.25, 0.3) is 6.08 Å². The van der Waals surface area contributed by atoms with Gasteiger partial charge in [-0.05, 0) is 44.0 Å². The molecule has 2 rings (SSSR count). The monoisotopic (exact) mass is 365 g/mol. The lowest BCUT2D eigenvalue weighted by Gasteiger charge is -2.13. The third-order valence-electron chi connectivity index (χ3n) is 3.20. The first-order chi connectivity index (χ1) is 11.4. The van der Waals surface area contributed by atoms with Gasteiger partial charge >= 0.3 is 5.97 Å². The number of thiocarbonyl (C=S) groups is 1. The molecule has 0 saturated carbocycles. The summed E-state index contributed by atoms with van der Waals surface area (Å²) in [6.45, 7) is 4.25. The second kappa shape index (κ2) is 8.30. The van der Waals surface area contributed by atoms with Crippen LogP contribution >= 0.6 is 24.0 Å². The molecule has 0 unspecified atom stereocenters. The Kier molecular flexibility index (Phi) is 6.39. The Morgan fingerprint density at radius 3 is 2.62 bits per heavy atom. The summed E-state index contributed by atoms with van der Waals surface area (Å²) >= 11 is 6.46. The second-order valence-electron chi connectivity index (χ2n) is 5.57. The maximum Gasteiger partial charge on any atom is 0.303 e. The number of carboxylic acid groups (broad SMARTS) is 1. The molecule has 1 aromatic rings. The van der Waals surface area contributed by atoms with Gasteiger partial charge in [0.15, 0.2) is 0 Å². The van der Waals surface area contributed by atoms with Crippen molar-refractivity contribution in [1.82, 2.24) is 4.90 Å². The van der Waals surface area contributed by atoms with Crippen molar-refractivity contribution in [2.75, 3.05) is 6.54 Å². The van der Waals surface area contributed by atoms with Crippen LogP contribution in [0.1, 0.15) is 32.3 Å². The number of amides is 1.